The van der Waals surface area contributed by atoms with Crippen LogP contribution < -0.4 is 0 Å². The second kappa shape index (κ2) is 3.35. The molecule has 0 N–H and O–H groups in total. The van der Waals surface area contributed by atoms with Crippen molar-refractivity contribution >= 4 is 9.84 Å². The number of pyridine rings is 1. The van der Waals surface area contributed by atoms with Gasteiger partial charge >= 0.3 is 0 Å². The first kappa shape index (κ1) is 11.2. The predicted molar refractivity (Wildman–Crippen MR) is 56.3 cm³/mol. The minimum absolute atomic E-state index is 0.207. The van der Waals surface area contributed by atoms with E-state index in [1.807, 2.05) is 20.8 Å². The molecule has 0 radical (unpaired) electrons. The molecule has 0 spiro atoms. The Morgan fingerprint density at radius 2 is 1.43 bits per heavy atom. The minimum atomic E-state index is -3.21. The second-order valence-corrected chi connectivity index (χ2v) is 5.58. The van der Waals surface area contributed by atoms with E-state index >= 15 is 0 Å². The van der Waals surface area contributed by atoms with Crippen LogP contribution in [0.2, 0.25) is 0 Å². The smallest absolute Gasteiger partial charge is 0.193 e. The highest BCUT2D eigenvalue weighted by Crippen LogP contribution is 2.21. The van der Waals surface area contributed by atoms with Crippen molar-refractivity contribution in [3.05, 3.63) is 22.4 Å². The molecule has 0 amide bonds. The first-order valence-electron chi connectivity index (χ1n) is 4.39. The Morgan fingerprint density at radius 3 is 1.86 bits per heavy atom. The lowest BCUT2D eigenvalue weighted by Crippen LogP contribution is -2.08. The lowest BCUT2D eigenvalue weighted by molar-refractivity contribution is 0.596. The first-order valence-corrected chi connectivity index (χ1v) is 6.28. The number of hydrogen-bond acceptors (Lipinski definition) is 3. The molecule has 3 nitrogen and oxygen atoms in total. The fourth-order valence-electron chi connectivity index (χ4n) is 1.39. The zero-order chi connectivity index (χ0) is 11.1. The van der Waals surface area contributed by atoms with Gasteiger partial charge in [-0.05, 0) is 44.4 Å². The fourth-order valence-corrected chi connectivity index (χ4v) is 2.41. The Balaban J connectivity index is 3.66. The van der Waals surface area contributed by atoms with Crippen LogP contribution in [0.15, 0.2) is 5.03 Å². The summed E-state index contributed by atoms with van der Waals surface area (Å²) < 4.78 is 22.8. The van der Waals surface area contributed by atoms with E-state index in [2.05, 4.69) is 4.98 Å². The zero-order valence-electron chi connectivity index (χ0n) is 9.17. The maximum Gasteiger partial charge on any atom is 0.193 e. The van der Waals surface area contributed by atoms with Crippen molar-refractivity contribution < 1.29 is 8.42 Å². The number of rotatable bonds is 1. The number of sulfone groups is 1. The molecule has 0 aliphatic carbocycles. The minimum Gasteiger partial charge on any atom is -0.241 e. The number of hydrogen-bond donors (Lipinski definition) is 0. The van der Waals surface area contributed by atoms with Gasteiger partial charge in [-0.15, -0.1) is 0 Å². The third-order valence-electron chi connectivity index (χ3n) is 2.61. The second-order valence-electron chi connectivity index (χ2n) is 3.65. The van der Waals surface area contributed by atoms with Crippen LogP contribution in [0.3, 0.4) is 0 Å². The Kier molecular flexibility index (Phi) is 2.67. The summed E-state index contributed by atoms with van der Waals surface area (Å²) in [6.45, 7) is 7.51. The molecule has 1 heterocycles. The van der Waals surface area contributed by atoms with Crippen LogP contribution in [0.25, 0.3) is 0 Å². The molecule has 0 unspecified atom stereocenters. The Bertz CT molecular complexity index is 475. The standard InChI is InChI=1S/C10H15NO2S/c1-6-7(2)9(4)11-10(8(6)3)14(5,12)13/h1-5H3. The summed E-state index contributed by atoms with van der Waals surface area (Å²) in [6.07, 6.45) is 1.19. The van der Waals surface area contributed by atoms with E-state index in [-0.39, 0.29) is 5.03 Å². The van der Waals surface area contributed by atoms with Crippen LogP contribution in [0.4, 0.5) is 0 Å². The maximum atomic E-state index is 11.4. The summed E-state index contributed by atoms with van der Waals surface area (Å²) in [5, 5.41) is 0.207. The Morgan fingerprint density at radius 1 is 0.929 bits per heavy atom. The quantitative estimate of drug-likeness (QED) is 0.713. The molecule has 78 valence electrons. The van der Waals surface area contributed by atoms with E-state index in [9.17, 15) is 8.42 Å². The summed E-state index contributed by atoms with van der Waals surface area (Å²) in [5.41, 5.74) is 3.62. The molecule has 1 aromatic rings. The molecule has 14 heavy (non-hydrogen) atoms. The highest BCUT2D eigenvalue weighted by Gasteiger charge is 2.16. The van der Waals surface area contributed by atoms with E-state index < -0.39 is 9.84 Å². The molecule has 0 fully saturated rings. The largest absolute Gasteiger partial charge is 0.241 e. The maximum absolute atomic E-state index is 11.4. The Labute approximate surface area is 85.1 Å². The molecule has 0 saturated heterocycles. The van der Waals surface area contributed by atoms with Gasteiger partial charge in [0.1, 0.15) is 0 Å². The van der Waals surface area contributed by atoms with Gasteiger partial charge in [0.2, 0.25) is 0 Å². The summed E-state index contributed by atoms with van der Waals surface area (Å²) in [5.74, 6) is 0. The third kappa shape index (κ3) is 1.80. The molecule has 0 bridgehead atoms. The highest BCUT2D eigenvalue weighted by atomic mass is 32.2. The zero-order valence-corrected chi connectivity index (χ0v) is 9.99. The van der Waals surface area contributed by atoms with Gasteiger partial charge in [0.15, 0.2) is 14.9 Å². The van der Waals surface area contributed by atoms with Crippen molar-refractivity contribution in [2.75, 3.05) is 6.26 Å². The van der Waals surface area contributed by atoms with Gasteiger partial charge in [-0.25, -0.2) is 13.4 Å². The highest BCUT2D eigenvalue weighted by molar-refractivity contribution is 7.90. The van der Waals surface area contributed by atoms with Crippen molar-refractivity contribution in [1.29, 1.82) is 0 Å². The molecule has 0 aliphatic rings. The average molecular weight is 213 g/mol. The van der Waals surface area contributed by atoms with Crippen molar-refractivity contribution in [2.45, 2.75) is 32.7 Å². The van der Waals surface area contributed by atoms with Crippen LogP contribution in [-0.4, -0.2) is 19.7 Å². The molecule has 0 atom stereocenters. The molecular formula is C10H15NO2S. The molecule has 1 aromatic heterocycles. The average Bonchev–Trinajstić information content (AvgIpc) is 2.06. The summed E-state index contributed by atoms with van der Waals surface area (Å²) in [7, 11) is -3.21. The van der Waals surface area contributed by atoms with Crippen molar-refractivity contribution in [2.24, 2.45) is 0 Å². The molecule has 0 aromatic carbocycles. The van der Waals surface area contributed by atoms with E-state index in [1.54, 1.807) is 6.92 Å². The normalized spacial score (nSPS) is 11.8. The molecule has 0 aliphatic heterocycles. The van der Waals surface area contributed by atoms with Gasteiger partial charge in [-0.2, -0.15) is 0 Å². The summed E-state index contributed by atoms with van der Waals surface area (Å²) in [4.78, 5) is 4.12. The van der Waals surface area contributed by atoms with E-state index in [0.717, 1.165) is 22.4 Å². The molecule has 0 saturated carbocycles. The first-order chi connectivity index (χ1) is 6.25. The van der Waals surface area contributed by atoms with Crippen LogP contribution >= 0.6 is 0 Å². The van der Waals surface area contributed by atoms with Crippen molar-refractivity contribution in [3.63, 3.8) is 0 Å². The van der Waals surface area contributed by atoms with Gasteiger partial charge in [0, 0.05) is 11.9 Å². The number of nitrogens with zero attached hydrogens (tertiary/aromatic N) is 1. The van der Waals surface area contributed by atoms with E-state index in [4.69, 9.17) is 0 Å². The summed E-state index contributed by atoms with van der Waals surface area (Å²) in [6, 6.07) is 0. The van der Waals surface area contributed by atoms with E-state index in [0.29, 0.717) is 0 Å². The SMILES string of the molecule is Cc1nc(S(C)(=O)=O)c(C)c(C)c1C. The van der Waals surface area contributed by atoms with Gasteiger partial charge in [-0.3, -0.25) is 0 Å². The Hall–Kier alpha value is -0.900. The van der Waals surface area contributed by atoms with Crippen LogP contribution in [-0.2, 0) is 9.84 Å². The number of aromatic nitrogens is 1. The summed E-state index contributed by atoms with van der Waals surface area (Å²) >= 11 is 0. The van der Waals surface area contributed by atoms with Gasteiger partial charge in [0.25, 0.3) is 0 Å². The third-order valence-corrected chi connectivity index (χ3v) is 3.71. The van der Waals surface area contributed by atoms with E-state index in [1.165, 1.54) is 6.26 Å². The van der Waals surface area contributed by atoms with Crippen LogP contribution in [0, 0.1) is 27.7 Å². The van der Waals surface area contributed by atoms with Crippen molar-refractivity contribution in [1.82, 2.24) is 4.98 Å². The molecule has 1 rings (SSSR count). The number of aryl methyl sites for hydroxylation is 1. The lowest BCUT2D eigenvalue weighted by Gasteiger charge is -2.11. The topological polar surface area (TPSA) is 47.0 Å². The van der Waals surface area contributed by atoms with Gasteiger partial charge in [-0.1, -0.05) is 0 Å². The lowest BCUT2D eigenvalue weighted by atomic mass is 10.1. The fraction of sp³-hybridized carbons (Fsp3) is 0.500. The van der Waals surface area contributed by atoms with Crippen molar-refractivity contribution in [3.8, 4) is 0 Å². The van der Waals surface area contributed by atoms with Gasteiger partial charge < -0.3 is 0 Å². The van der Waals surface area contributed by atoms with Crippen LogP contribution in [0.5, 0.6) is 0 Å². The van der Waals surface area contributed by atoms with Crippen LogP contribution in [0.1, 0.15) is 22.4 Å². The predicted octanol–water partition coefficient (Wildman–Crippen LogP) is 1.72. The molecule has 4 heteroatoms. The monoisotopic (exact) mass is 213 g/mol. The molecular weight excluding hydrogens is 198 g/mol. The van der Waals surface area contributed by atoms with Gasteiger partial charge in [0.05, 0.1) is 0 Å².